The van der Waals surface area contributed by atoms with Gasteiger partial charge in [-0.2, -0.15) is 0 Å². The van der Waals surface area contributed by atoms with Crippen LogP contribution in [0.25, 0.3) is 0 Å². The van der Waals surface area contributed by atoms with Crippen LogP contribution in [0.15, 0.2) is 18.2 Å². The predicted octanol–water partition coefficient (Wildman–Crippen LogP) is 2.65. The van der Waals surface area contributed by atoms with E-state index in [1.165, 1.54) is 0 Å². The summed E-state index contributed by atoms with van der Waals surface area (Å²) in [5.74, 6) is 5.39. The molecule has 0 unspecified atom stereocenters. The molecule has 3 nitrogen and oxygen atoms in total. The topological polar surface area (TPSA) is 49.3 Å². The zero-order valence-corrected chi connectivity index (χ0v) is 12.7. The van der Waals surface area contributed by atoms with Crippen LogP contribution in [0.2, 0.25) is 0 Å². The zero-order valence-electron chi connectivity index (χ0n) is 12.7. The largest absolute Gasteiger partial charge is 0.384 e. The molecule has 1 amide bonds. The second kappa shape index (κ2) is 7.12. The molecule has 3 heteroatoms. The Morgan fingerprint density at radius 2 is 2.10 bits per heavy atom. The summed E-state index contributed by atoms with van der Waals surface area (Å²) >= 11 is 0. The number of hydrogen-bond acceptors (Lipinski definition) is 2. The van der Waals surface area contributed by atoms with Gasteiger partial charge in [-0.3, -0.25) is 4.79 Å². The standard InChI is InChI=1S/C17H23NO2/c1-5-10-17(3,4)18-16(20)15-9-8-13(2)14(12-15)7-6-11-19/h8-9,12,19H,5,10-11H2,1-4H3,(H,18,20). The molecule has 0 radical (unpaired) electrons. The van der Waals surface area contributed by atoms with Gasteiger partial charge in [0.2, 0.25) is 0 Å². The fraction of sp³-hybridized carbons (Fsp3) is 0.471. The van der Waals surface area contributed by atoms with E-state index in [0.717, 1.165) is 24.0 Å². The molecule has 2 N–H and O–H groups in total. The molecule has 0 bridgehead atoms. The summed E-state index contributed by atoms with van der Waals surface area (Å²) < 4.78 is 0. The van der Waals surface area contributed by atoms with E-state index < -0.39 is 0 Å². The molecule has 0 aromatic heterocycles. The maximum Gasteiger partial charge on any atom is 0.251 e. The highest BCUT2D eigenvalue weighted by molar-refractivity contribution is 5.95. The molecule has 20 heavy (non-hydrogen) atoms. The third-order valence-corrected chi connectivity index (χ3v) is 3.13. The van der Waals surface area contributed by atoms with Crippen molar-refractivity contribution in [1.82, 2.24) is 5.32 Å². The zero-order chi connectivity index (χ0) is 15.2. The van der Waals surface area contributed by atoms with Crippen LogP contribution in [0.4, 0.5) is 0 Å². The molecule has 0 aliphatic rings. The third-order valence-electron chi connectivity index (χ3n) is 3.13. The van der Waals surface area contributed by atoms with Crippen molar-refractivity contribution in [3.8, 4) is 11.8 Å². The smallest absolute Gasteiger partial charge is 0.251 e. The lowest BCUT2D eigenvalue weighted by Crippen LogP contribution is -2.43. The van der Waals surface area contributed by atoms with E-state index in [2.05, 4.69) is 24.1 Å². The second-order valence-corrected chi connectivity index (χ2v) is 5.58. The first-order chi connectivity index (χ1) is 9.39. The molecular weight excluding hydrogens is 250 g/mol. The summed E-state index contributed by atoms with van der Waals surface area (Å²) in [6.07, 6.45) is 1.95. The highest BCUT2D eigenvalue weighted by Crippen LogP contribution is 2.14. The van der Waals surface area contributed by atoms with Gasteiger partial charge in [0.1, 0.15) is 6.61 Å². The van der Waals surface area contributed by atoms with Gasteiger partial charge in [0, 0.05) is 16.7 Å². The molecule has 1 aromatic carbocycles. The van der Waals surface area contributed by atoms with E-state index >= 15 is 0 Å². The monoisotopic (exact) mass is 273 g/mol. The second-order valence-electron chi connectivity index (χ2n) is 5.58. The molecule has 0 aliphatic carbocycles. The molecule has 0 saturated carbocycles. The molecule has 0 atom stereocenters. The lowest BCUT2D eigenvalue weighted by atomic mass is 9.97. The maximum absolute atomic E-state index is 12.3. The Morgan fingerprint density at radius 3 is 2.70 bits per heavy atom. The van der Waals surface area contributed by atoms with Crippen LogP contribution < -0.4 is 5.32 Å². The number of amides is 1. The summed E-state index contributed by atoms with van der Waals surface area (Å²) in [5, 5.41) is 11.8. The number of nitrogens with one attached hydrogen (secondary N) is 1. The molecule has 0 saturated heterocycles. The lowest BCUT2D eigenvalue weighted by molar-refractivity contribution is 0.0909. The first-order valence-electron chi connectivity index (χ1n) is 6.92. The third kappa shape index (κ3) is 4.71. The van der Waals surface area contributed by atoms with Crippen LogP contribution in [0.5, 0.6) is 0 Å². The fourth-order valence-electron chi connectivity index (χ4n) is 2.10. The molecule has 0 aliphatic heterocycles. The summed E-state index contributed by atoms with van der Waals surface area (Å²) in [4.78, 5) is 12.3. The number of aliphatic hydroxyl groups is 1. The first kappa shape index (κ1) is 16.3. The van der Waals surface area contributed by atoms with Crippen molar-refractivity contribution in [2.45, 2.75) is 46.1 Å². The summed E-state index contributed by atoms with van der Waals surface area (Å²) in [7, 11) is 0. The highest BCUT2D eigenvalue weighted by Gasteiger charge is 2.20. The number of aryl methyl sites for hydroxylation is 1. The number of benzene rings is 1. The average Bonchev–Trinajstić information content (AvgIpc) is 2.37. The molecule has 1 aromatic rings. The Labute approximate surface area is 121 Å². The fourth-order valence-corrected chi connectivity index (χ4v) is 2.10. The minimum absolute atomic E-state index is 0.0875. The van der Waals surface area contributed by atoms with Crippen molar-refractivity contribution in [3.63, 3.8) is 0 Å². The Hall–Kier alpha value is -1.79. The number of carbonyl (C=O) groups is 1. The van der Waals surface area contributed by atoms with Gasteiger partial charge in [-0.1, -0.05) is 31.3 Å². The summed E-state index contributed by atoms with van der Waals surface area (Å²) in [6, 6.07) is 5.45. The minimum Gasteiger partial charge on any atom is -0.384 e. The molecular formula is C17H23NO2. The van der Waals surface area contributed by atoms with Crippen LogP contribution >= 0.6 is 0 Å². The maximum atomic E-state index is 12.3. The summed E-state index contributed by atoms with van der Waals surface area (Å²) in [6.45, 7) is 7.90. The first-order valence-corrected chi connectivity index (χ1v) is 6.92. The molecule has 0 fully saturated rings. The van der Waals surface area contributed by atoms with Crippen molar-refractivity contribution in [3.05, 3.63) is 34.9 Å². The van der Waals surface area contributed by atoms with Gasteiger partial charge in [-0.05, 0) is 44.9 Å². The van der Waals surface area contributed by atoms with Gasteiger partial charge >= 0.3 is 0 Å². The van der Waals surface area contributed by atoms with E-state index in [1.54, 1.807) is 12.1 Å². The average molecular weight is 273 g/mol. The SMILES string of the molecule is CCCC(C)(C)NC(=O)c1ccc(C)c(C#CCO)c1. The molecule has 0 spiro atoms. The normalized spacial score (nSPS) is 10.7. The van der Waals surface area contributed by atoms with Gasteiger partial charge in [0.15, 0.2) is 0 Å². The van der Waals surface area contributed by atoms with Crippen molar-refractivity contribution < 1.29 is 9.90 Å². The Kier molecular flexibility index (Phi) is 5.79. The van der Waals surface area contributed by atoms with Crippen LogP contribution in [0.3, 0.4) is 0 Å². The summed E-state index contributed by atoms with van der Waals surface area (Å²) in [5.41, 5.74) is 2.16. The molecule has 0 heterocycles. The van der Waals surface area contributed by atoms with Crippen LogP contribution in [0, 0.1) is 18.8 Å². The number of carbonyl (C=O) groups excluding carboxylic acids is 1. The number of aliphatic hydroxyl groups excluding tert-OH is 1. The Balaban J connectivity index is 2.94. The van der Waals surface area contributed by atoms with E-state index in [4.69, 9.17) is 5.11 Å². The Morgan fingerprint density at radius 1 is 1.40 bits per heavy atom. The van der Waals surface area contributed by atoms with Gasteiger partial charge in [0.25, 0.3) is 5.91 Å². The predicted molar refractivity (Wildman–Crippen MR) is 81.6 cm³/mol. The van der Waals surface area contributed by atoms with Crippen molar-refractivity contribution in [2.75, 3.05) is 6.61 Å². The van der Waals surface area contributed by atoms with Gasteiger partial charge < -0.3 is 10.4 Å². The van der Waals surface area contributed by atoms with Gasteiger partial charge in [-0.25, -0.2) is 0 Å². The van der Waals surface area contributed by atoms with E-state index in [0.29, 0.717) is 5.56 Å². The molecule has 108 valence electrons. The van der Waals surface area contributed by atoms with E-state index in [1.807, 2.05) is 26.8 Å². The molecule has 1 rings (SSSR count). The van der Waals surface area contributed by atoms with Crippen LogP contribution in [-0.4, -0.2) is 23.2 Å². The van der Waals surface area contributed by atoms with Crippen LogP contribution in [-0.2, 0) is 0 Å². The van der Waals surface area contributed by atoms with Crippen LogP contribution in [0.1, 0.15) is 55.1 Å². The highest BCUT2D eigenvalue weighted by atomic mass is 16.2. The Bertz CT molecular complexity index is 536. The number of rotatable bonds is 4. The van der Waals surface area contributed by atoms with Crippen molar-refractivity contribution in [2.24, 2.45) is 0 Å². The van der Waals surface area contributed by atoms with E-state index in [-0.39, 0.29) is 18.1 Å². The van der Waals surface area contributed by atoms with E-state index in [9.17, 15) is 4.79 Å². The van der Waals surface area contributed by atoms with Gasteiger partial charge in [0.05, 0.1) is 0 Å². The lowest BCUT2D eigenvalue weighted by Gasteiger charge is -2.25. The van der Waals surface area contributed by atoms with Crippen molar-refractivity contribution in [1.29, 1.82) is 0 Å². The van der Waals surface area contributed by atoms with Crippen molar-refractivity contribution >= 4 is 5.91 Å². The van der Waals surface area contributed by atoms with Gasteiger partial charge in [-0.15, -0.1) is 0 Å². The quantitative estimate of drug-likeness (QED) is 0.829. The minimum atomic E-state index is -0.215. The number of hydrogen-bond donors (Lipinski definition) is 2.